The highest BCUT2D eigenvalue weighted by atomic mass is 19.3. The number of H-pyrrole nitrogens is 1. The zero-order chi connectivity index (χ0) is 23.7. The highest BCUT2D eigenvalue weighted by Crippen LogP contribution is 2.37. The number of rotatable bonds is 6. The predicted molar refractivity (Wildman–Crippen MR) is 120 cm³/mol. The van der Waals surface area contributed by atoms with Crippen LogP contribution in [0.4, 0.5) is 19.0 Å². The fraction of sp³-hybridized carbons (Fsp3) is 0.500. The molecule has 2 fully saturated rings. The Bertz CT molecular complexity index is 1180. The van der Waals surface area contributed by atoms with Gasteiger partial charge in [-0.1, -0.05) is 0 Å². The van der Waals surface area contributed by atoms with E-state index in [0.29, 0.717) is 48.5 Å². The van der Waals surface area contributed by atoms with Crippen molar-refractivity contribution >= 4 is 22.6 Å². The molecule has 0 atom stereocenters. The van der Waals surface area contributed by atoms with Gasteiger partial charge in [0.1, 0.15) is 23.6 Å². The molecule has 0 amide bonds. The van der Waals surface area contributed by atoms with Crippen molar-refractivity contribution in [2.24, 2.45) is 5.92 Å². The summed E-state index contributed by atoms with van der Waals surface area (Å²) in [6.45, 7) is 1.32. The fourth-order valence-electron chi connectivity index (χ4n) is 4.76. The van der Waals surface area contributed by atoms with Crippen LogP contribution in [0.5, 0.6) is 0 Å². The third kappa shape index (κ3) is 4.77. The molecule has 3 aromatic rings. The summed E-state index contributed by atoms with van der Waals surface area (Å²) in [6, 6.07) is 1.35. The SMILES string of the molecule is O=C(c1cnc(CC2CCC(F)(F)CC2)c(F)c1)c1c[nH]c2ncnc(NC3CCOCC3)c12. The van der Waals surface area contributed by atoms with Crippen molar-refractivity contribution in [3.63, 3.8) is 0 Å². The van der Waals surface area contributed by atoms with Gasteiger partial charge in [-0.25, -0.2) is 23.1 Å². The van der Waals surface area contributed by atoms with Crippen molar-refractivity contribution in [3.8, 4) is 0 Å². The van der Waals surface area contributed by atoms with E-state index in [4.69, 9.17) is 4.74 Å². The smallest absolute Gasteiger partial charge is 0.248 e. The van der Waals surface area contributed by atoms with E-state index in [-0.39, 0.29) is 42.5 Å². The third-order valence-corrected chi connectivity index (χ3v) is 6.77. The van der Waals surface area contributed by atoms with Gasteiger partial charge in [-0.2, -0.15) is 0 Å². The van der Waals surface area contributed by atoms with Crippen molar-refractivity contribution in [2.75, 3.05) is 18.5 Å². The number of carbonyl (C=O) groups excluding carboxylic acids is 1. The number of carbonyl (C=O) groups is 1. The van der Waals surface area contributed by atoms with Crippen LogP contribution in [0.3, 0.4) is 0 Å². The first-order valence-corrected chi connectivity index (χ1v) is 11.6. The zero-order valence-electron chi connectivity index (χ0n) is 18.6. The van der Waals surface area contributed by atoms with Crippen molar-refractivity contribution in [1.82, 2.24) is 19.9 Å². The number of ketones is 1. The Labute approximate surface area is 194 Å². The van der Waals surface area contributed by atoms with Crippen molar-refractivity contribution in [3.05, 3.63) is 47.4 Å². The number of pyridine rings is 1. The lowest BCUT2D eigenvalue weighted by Gasteiger charge is -2.28. The normalized spacial score (nSPS) is 19.4. The molecule has 0 radical (unpaired) electrons. The third-order valence-electron chi connectivity index (χ3n) is 6.77. The zero-order valence-corrected chi connectivity index (χ0v) is 18.6. The molecule has 0 spiro atoms. The molecule has 1 aliphatic carbocycles. The summed E-state index contributed by atoms with van der Waals surface area (Å²) in [6.07, 6.45) is 6.59. The fourth-order valence-corrected chi connectivity index (χ4v) is 4.76. The molecule has 2 aliphatic rings. The van der Waals surface area contributed by atoms with Gasteiger partial charge in [0.05, 0.1) is 16.6 Å². The van der Waals surface area contributed by atoms with E-state index >= 15 is 0 Å². The topological polar surface area (TPSA) is 92.8 Å². The number of aromatic nitrogens is 4. The Morgan fingerprint density at radius 2 is 1.91 bits per heavy atom. The maximum atomic E-state index is 14.8. The molecular formula is C24H26F3N5O2. The van der Waals surface area contributed by atoms with Gasteiger partial charge in [0.25, 0.3) is 0 Å². The number of hydrogen-bond acceptors (Lipinski definition) is 6. The lowest BCUT2D eigenvalue weighted by atomic mass is 9.84. The Hall–Kier alpha value is -3.01. The van der Waals surface area contributed by atoms with Gasteiger partial charge in [0.15, 0.2) is 5.78 Å². The van der Waals surface area contributed by atoms with Crippen molar-refractivity contribution in [1.29, 1.82) is 0 Å². The first kappa shape index (κ1) is 22.8. The van der Waals surface area contributed by atoms with Gasteiger partial charge in [0.2, 0.25) is 5.92 Å². The minimum atomic E-state index is -2.62. The molecule has 3 aromatic heterocycles. The van der Waals surface area contributed by atoms with Gasteiger partial charge < -0.3 is 15.0 Å². The Morgan fingerprint density at radius 1 is 1.15 bits per heavy atom. The molecule has 0 bridgehead atoms. The second kappa shape index (κ2) is 9.32. The average Bonchev–Trinajstić information content (AvgIpc) is 3.27. The van der Waals surface area contributed by atoms with Gasteiger partial charge >= 0.3 is 0 Å². The molecule has 180 valence electrons. The Kier molecular flexibility index (Phi) is 6.24. The van der Waals surface area contributed by atoms with E-state index in [1.54, 1.807) is 6.20 Å². The van der Waals surface area contributed by atoms with Crippen molar-refractivity contribution in [2.45, 2.75) is 56.9 Å². The molecule has 5 rings (SSSR count). The molecule has 1 saturated carbocycles. The first-order chi connectivity index (χ1) is 16.4. The summed E-state index contributed by atoms with van der Waals surface area (Å²) in [7, 11) is 0. The predicted octanol–water partition coefficient (Wildman–Crippen LogP) is 4.68. The number of halogens is 3. The van der Waals surface area contributed by atoms with E-state index in [2.05, 4.69) is 25.3 Å². The monoisotopic (exact) mass is 473 g/mol. The Balaban J connectivity index is 1.36. The first-order valence-electron chi connectivity index (χ1n) is 11.6. The Morgan fingerprint density at radius 3 is 2.65 bits per heavy atom. The van der Waals surface area contributed by atoms with Gasteiger partial charge in [-0.05, 0) is 44.1 Å². The average molecular weight is 473 g/mol. The summed E-state index contributed by atoms with van der Waals surface area (Å²) in [4.78, 5) is 29.0. The summed E-state index contributed by atoms with van der Waals surface area (Å²) >= 11 is 0. The second-order valence-corrected chi connectivity index (χ2v) is 9.16. The van der Waals surface area contributed by atoms with Crippen LogP contribution in [0.15, 0.2) is 24.8 Å². The van der Waals surface area contributed by atoms with E-state index in [0.717, 1.165) is 12.8 Å². The number of aromatic amines is 1. The van der Waals surface area contributed by atoms with E-state index in [1.807, 2.05) is 0 Å². The van der Waals surface area contributed by atoms with Gasteiger partial charge in [-0.15, -0.1) is 0 Å². The van der Waals surface area contributed by atoms with E-state index < -0.39 is 17.5 Å². The van der Waals surface area contributed by atoms with Crippen LogP contribution in [0, 0.1) is 11.7 Å². The standard InChI is InChI=1S/C24H26F3N5O2/c25-18-10-15(11-28-19(18)9-14-1-5-24(26,27)6-2-14)21(33)17-12-29-22-20(17)23(31-13-30-22)32-16-3-7-34-8-4-16/h10-14,16H,1-9H2,(H2,29,30,31,32). The molecule has 0 unspecified atom stereocenters. The molecule has 1 saturated heterocycles. The van der Waals surface area contributed by atoms with Crippen LogP contribution in [-0.2, 0) is 11.2 Å². The van der Waals surface area contributed by atoms with Crippen LogP contribution < -0.4 is 5.32 Å². The molecule has 34 heavy (non-hydrogen) atoms. The number of alkyl halides is 2. The molecule has 10 heteroatoms. The van der Waals surface area contributed by atoms with E-state index in [9.17, 15) is 18.0 Å². The lowest BCUT2D eigenvalue weighted by Crippen LogP contribution is -2.28. The second-order valence-electron chi connectivity index (χ2n) is 9.16. The van der Waals surface area contributed by atoms with Gasteiger partial charge in [-0.3, -0.25) is 9.78 Å². The number of anilines is 1. The number of fused-ring (bicyclic) bond motifs is 1. The molecule has 1 aliphatic heterocycles. The summed E-state index contributed by atoms with van der Waals surface area (Å²) in [5, 5.41) is 3.93. The molecule has 0 aromatic carbocycles. The highest BCUT2D eigenvalue weighted by Gasteiger charge is 2.35. The van der Waals surface area contributed by atoms with Crippen LogP contribution in [0.25, 0.3) is 11.0 Å². The van der Waals surface area contributed by atoms with Crippen LogP contribution in [-0.4, -0.2) is 50.9 Å². The molecule has 4 heterocycles. The van der Waals surface area contributed by atoms with Crippen LogP contribution >= 0.6 is 0 Å². The summed E-state index contributed by atoms with van der Waals surface area (Å²) in [5.41, 5.74) is 1.15. The minimum Gasteiger partial charge on any atom is -0.381 e. The molecule has 7 nitrogen and oxygen atoms in total. The minimum absolute atomic E-state index is 0.0345. The van der Waals surface area contributed by atoms with Gasteiger partial charge in [0, 0.05) is 50.1 Å². The maximum absolute atomic E-state index is 14.8. The highest BCUT2D eigenvalue weighted by molar-refractivity contribution is 6.17. The molecule has 2 N–H and O–H groups in total. The largest absolute Gasteiger partial charge is 0.381 e. The number of nitrogens with one attached hydrogen (secondary N) is 2. The lowest BCUT2D eigenvalue weighted by molar-refractivity contribution is -0.0457. The quantitative estimate of drug-likeness (QED) is 0.505. The van der Waals surface area contributed by atoms with Crippen LogP contribution in [0.1, 0.15) is 60.1 Å². The molecular weight excluding hydrogens is 447 g/mol. The van der Waals surface area contributed by atoms with E-state index in [1.165, 1.54) is 18.6 Å². The summed E-state index contributed by atoms with van der Waals surface area (Å²) < 4.78 is 47.0. The number of nitrogens with zero attached hydrogens (tertiary/aromatic N) is 3. The summed E-state index contributed by atoms with van der Waals surface area (Å²) in [5.74, 6) is -3.11. The van der Waals surface area contributed by atoms with Crippen molar-refractivity contribution < 1.29 is 22.7 Å². The maximum Gasteiger partial charge on any atom is 0.248 e. The van der Waals surface area contributed by atoms with Crippen LogP contribution in [0.2, 0.25) is 0 Å². The number of hydrogen-bond donors (Lipinski definition) is 2. The number of ether oxygens (including phenoxy) is 1.